The third kappa shape index (κ3) is 2.72. The highest BCUT2D eigenvalue weighted by Crippen LogP contribution is 2.77. The average molecular weight is 443 g/mol. The Kier molecular flexibility index (Phi) is 4.87. The van der Waals surface area contributed by atoms with E-state index in [-0.39, 0.29) is 28.5 Å². The molecule has 0 spiro atoms. The van der Waals surface area contributed by atoms with Crippen LogP contribution in [0.5, 0.6) is 0 Å². The van der Waals surface area contributed by atoms with Gasteiger partial charge in [0.05, 0.1) is 12.2 Å². The monoisotopic (exact) mass is 442 g/mol. The smallest absolute Gasteiger partial charge is 0.0628 e. The minimum atomic E-state index is -0.194. The van der Waals surface area contributed by atoms with Gasteiger partial charge in [-0.3, -0.25) is 0 Å². The summed E-state index contributed by atoms with van der Waals surface area (Å²) in [4.78, 5) is 0. The molecule has 5 aliphatic rings. The Labute approximate surface area is 197 Å². The van der Waals surface area contributed by atoms with Gasteiger partial charge in [0.1, 0.15) is 0 Å². The number of aliphatic hydroxyl groups is 2. The Hall–Kier alpha value is -0.340. The first kappa shape index (κ1) is 23.4. The van der Waals surface area contributed by atoms with Crippen molar-refractivity contribution >= 4 is 0 Å². The van der Waals surface area contributed by atoms with Gasteiger partial charge in [-0.05, 0) is 103 Å². The van der Waals surface area contributed by atoms with Gasteiger partial charge in [0.15, 0.2) is 0 Å². The van der Waals surface area contributed by atoms with E-state index in [1.54, 1.807) is 5.57 Å². The molecule has 32 heavy (non-hydrogen) atoms. The number of hydrogen-bond acceptors (Lipinski definition) is 2. The Bertz CT molecular complexity index is 825. The second kappa shape index (κ2) is 6.66. The van der Waals surface area contributed by atoms with Crippen LogP contribution in [0.4, 0.5) is 0 Å². The molecule has 2 N–H and O–H groups in total. The zero-order valence-corrected chi connectivity index (χ0v) is 22.2. The van der Waals surface area contributed by atoms with Gasteiger partial charge in [-0.2, -0.15) is 0 Å². The lowest BCUT2D eigenvalue weighted by atomic mass is 9.31. The van der Waals surface area contributed by atoms with Crippen LogP contribution in [0.1, 0.15) is 113 Å². The predicted molar refractivity (Wildman–Crippen MR) is 132 cm³/mol. The first-order valence-electron chi connectivity index (χ1n) is 13.7. The van der Waals surface area contributed by atoms with Crippen LogP contribution < -0.4 is 0 Å². The second-order valence-electron chi connectivity index (χ2n) is 15.3. The van der Waals surface area contributed by atoms with Crippen molar-refractivity contribution in [1.29, 1.82) is 0 Å². The van der Waals surface area contributed by atoms with E-state index in [9.17, 15) is 10.2 Å². The van der Waals surface area contributed by atoms with Crippen LogP contribution in [-0.2, 0) is 0 Å². The summed E-state index contributed by atoms with van der Waals surface area (Å²) in [5.74, 6) is 2.07. The molecule has 0 heterocycles. The van der Waals surface area contributed by atoms with Crippen molar-refractivity contribution < 1.29 is 10.2 Å². The topological polar surface area (TPSA) is 40.5 Å². The van der Waals surface area contributed by atoms with Crippen molar-refractivity contribution in [1.82, 2.24) is 0 Å². The molecular formula is C30H50O2. The molecule has 2 nitrogen and oxygen atoms in total. The van der Waals surface area contributed by atoms with Crippen molar-refractivity contribution in [3.05, 3.63) is 11.6 Å². The van der Waals surface area contributed by atoms with Crippen LogP contribution in [-0.4, -0.2) is 22.4 Å². The highest BCUT2D eigenvalue weighted by atomic mass is 16.3. The lowest BCUT2D eigenvalue weighted by molar-refractivity contribution is -0.243. The number of aliphatic hydroxyl groups excluding tert-OH is 2. The normalized spacial score (nSPS) is 56.2. The first-order chi connectivity index (χ1) is 14.6. The van der Waals surface area contributed by atoms with Crippen LogP contribution in [0.15, 0.2) is 11.6 Å². The van der Waals surface area contributed by atoms with E-state index < -0.39 is 0 Å². The van der Waals surface area contributed by atoms with Gasteiger partial charge in [0, 0.05) is 5.41 Å². The minimum Gasteiger partial charge on any atom is -0.393 e. The van der Waals surface area contributed by atoms with Crippen molar-refractivity contribution in [2.75, 3.05) is 0 Å². The van der Waals surface area contributed by atoms with Crippen LogP contribution in [0.2, 0.25) is 0 Å². The Morgan fingerprint density at radius 2 is 1.34 bits per heavy atom. The zero-order chi connectivity index (χ0) is 23.5. The standard InChI is InChI=1S/C30H50O2/c1-25(2)17-22-27(5,18-24(25)32)13-15-29(7)21-11-9-19-20(10-12-23(31)26(19,3)4)28(21,6)14-16-30(22,29)8/h9,20-24,31-32H,10-18H2,1-8H3/t20-,21+,22-,23+,24-,27+,28+,29-,30+/m1/s1. The molecule has 5 rings (SSSR count). The summed E-state index contributed by atoms with van der Waals surface area (Å²) < 4.78 is 0. The predicted octanol–water partition coefficient (Wildman–Crippen LogP) is 7.14. The molecule has 0 aromatic rings. The van der Waals surface area contributed by atoms with Gasteiger partial charge in [-0.25, -0.2) is 0 Å². The molecule has 182 valence electrons. The van der Waals surface area contributed by atoms with E-state index in [1.165, 1.54) is 38.5 Å². The highest BCUT2D eigenvalue weighted by molar-refractivity contribution is 5.30. The molecule has 0 aromatic carbocycles. The number of hydrogen-bond donors (Lipinski definition) is 2. The van der Waals surface area contributed by atoms with Crippen LogP contribution in [0.25, 0.3) is 0 Å². The second-order valence-corrected chi connectivity index (χ2v) is 15.3. The van der Waals surface area contributed by atoms with Crippen LogP contribution in [0, 0.1) is 50.2 Å². The number of fused-ring (bicyclic) bond motifs is 7. The average Bonchev–Trinajstić information content (AvgIpc) is 2.69. The van der Waals surface area contributed by atoms with E-state index in [4.69, 9.17) is 0 Å². The SMILES string of the molecule is CC1(C)C[C@@H]2[C@@](C)(CC[C@]3(C)[C@H]4CC=C5[C@@H](CC[C@H](O)C5(C)C)[C@]4(C)CC[C@@]23C)C[C@H]1O. The molecule has 0 aliphatic heterocycles. The van der Waals surface area contributed by atoms with Crippen molar-refractivity contribution in [2.24, 2.45) is 50.2 Å². The Morgan fingerprint density at radius 1 is 0.719 bits per heavy atom. The fourth-order valence-corrected chi connectivity index (χ4v) is 10.5. The third-order valence-electron chi connectivity index (χ3n) is 13.2. The first-order valence-corrected chi connectivity index (χ1v) is 13.7. The van der Waals surface area contributed by atoms with Gasteiger partial charge < -0.3 is 10.2 Å². The molecule has 2 heteroatoms. The molecule has 0 unspecified atom stereocenters. The molecule has 0 saturated heterocycles. The molecule has 5 aliphatic carbocycles. The van der Waals surface area contributed by atoms with Crippen LogP contribution in [0.3, 0.4) is 0 Å². The summed E-state index contributed by atoms with van der Waals surface area (Å²) in [6.45, 7) is 19.7. The fraction of sp³-hybridized carbons (Fsp3) is 0.933. The maximum atomic E-state index is 11.0. The Balaban J connectivity index is 1.56. The summed E-state index contributed by atoms with van der Waals surface area (Å²) in [5, 5.41) is 21.8. The summed E-state index contributed by atoms with van der Waals surface area (Å²) in [6, 6.07) is 0. The number of allylic oxidation sites excluding steroid dienone is 1. The largest absolute Gasteiger partial charge is 0.393 e. The molecule has 0 aromatic heterocycles. The molecule has 9 atom stereocenters. The molecule has 0 radical (unpaired) electrons. The van der Waals surface area contributed by atoms with Gasteiger partial charge in [-0.1, -0.05) is 67.0 Å². The summed E-state index contributed by atoms with van der Waals surface area (Å²) in [6.07, 6.45) is 12.9. The molecule has 0 amide bonds. The van der Waals surface area contributed by atoms with Gasteiger partial charge in [-0.15, -0.1) is 0 Å². The lowest BCUT2D eigenvalue weighted by Gasteiger charge is -2.73. The zero-order valence-electron chi connectivity index (χ0n) is 22.2. The highest BCUT2D eigenvalue weighted by Gasteiger charge is 2.69. The lowest BCUT2D eigenvalue weighted by Crippen LogP contribution is -2.66. The van der Waals surface area contributed by atoms with E-state index in [0.717, 1.165) is 25.2 Å². The van der Waals surface area contributed by atoms with Crippen molar-refractivity contribution in [3.8, 4) is 0 Å². The fourth-order valence-electron chi connectivity index (χ4n) is 10.5. The van der Waals surface area contributed by atoms with E-state index >= 15 is 0 Å². The minimum absolute atomic E-state index is 0.0232. The summed E-state index contributed by atoms with van der Waals surface area (Å²) in [7, 11) is 0. The van der Waals surface area contributed by atoms with E-state index in [2.05, 4.69) is 61.5 Å². The summed E-state index contributed by atoms with van der Waals surface area (Å²) >= 11 is 0. The maximum Gasteiger partial charge on any atom is 0.0628 e. The molecule has 4 fully saturated rings. The number of rotatable bonds is 0. The molecule has 0 bridgehead atoms. The summed E-state index contributed by atoms with van der Waals surface area (Å²) in [5.41, 5.74) is 2.85. The quantitative estimate of drug-likeness (QED) is 0.391. The van der Waals surface area contributed by atoms with Crippen LogP contribution >= 0.6 is 0 Å². The van der Waals surface area contributed by atoms with Gasteiger partial charge in [0.25, 0.3) is 0 Å². The molecular weight excluding hydrogens is 392 g/mol. The van der Waals surface area contributed by atoms with E-state index in [1.807, 2.05) is 0 Å². The third-order valence-corrected chi connectivity index (χ3v) is 13.2. The van der Waals surface area contributed by atoms with Crippen molar-refractivity contribution in [2.45, 2.75) is 125 Å². The van der Waals surface area contributed by atoms with E-state index in [0.29, 0.717) is 28.1 Å². The Morgan fingerprint density at radius 3 is 2.03 bits per heavy atom. The van der Waals surface area contributed by atoms with Gasteiger partial charge in [0.2, 0.25) is 0 Å². The maximum absolute atomic E-state index is 11.0. The van der Waals surface area contributed by atoms with Crippen molar-refractivity contribution in [3.63, 3.8) is 0 Å². The molecule has 4 saturated carbocycles. The van der Waals surface area contributed by atoms with Gasteiger partial charge >= 0.3 is 0 Å².